The fraction of sp³-hybridized carbons (Fsp3) is 0.643. The second-order valence-corrected chi connectivity index (χ2v) is 6.44. The van der Waals surface area contributed by atoms with Crippen molar-refractivity contribution in [3.05, 3.63) is 10.6 Å². The Kier molecular flexibility index (Phi) is 3.72. The molecule has 0 spiro atoms. The van der Waals surface area contributed by atoms with Gasteiger partial charge in [0.05, 0.1) is 11.8 Å². The van der Waals surface area contributed by atoms with Gasteiger partial charge in [-0.25, -0.2) is 4.98 Å². The zero-order chi connectivity index (χ0) is 14.0. The number of fused-ring (bicyclic) bond motifs is 1. The number of aryl methyl sites for hydroxylation is 2. The third kappa shape index (κ3) is 2.43. The van der Waals surface area contributed by atoms with Crippen molar-refractivity contribution in [1.82, 2.24) is 4.98 Å². The van der Waals surface area contributed by atoms with Gasteiger partial charge in [-0.3, -0.25) is 4.79 Å². The highest BCUT2D eigenvalue weighted by Crippen LogP contribution is 2.34. The lowest BCUT2D eigenvalue weighted by molar-refractivity contribution is -0.126. The van der Waals surface area contributed by atoms with Crippen molar-refractivity contribution in [2.24, 2.45) is 5.41 Å². The highest BCUT2D eigenvalue weighted by molar-refractivity contribution is 7.15. The number of nitriles is 1. The van der Waals surface area contributed by atoms with Gasteiger partial charge in [-0.1, -0.05) is 0 Å². The number of nitrogens with one attached hydrogen (secondary N) is 1. The van der Waals surface area contributed by atoms with Gasteiger partial charge in [-0.15, -0.1) is 11.3 Å². The van der Waals surface area contributed by atoms with Crippen LogP contribution >= 0.6 is 11.3 Å². The van der Waals surface area contributed by atoms with E-state index in [1.54, 1.807) is 11.3 Å². The quantitative estimate of drug-likeness (QED) is 0.907. The standard InChI is InChI=1S/C14H17N3O2S/c15-9-14(5-7-19-8-6-14)12(18)17-13-16-10-3-1-2-4-11(10)20-13/h1-8H2,(H,16,17,18). The Bertz CT molecular complexity index is 532. The summed E-state index contributed by atoms with van der Waals surface area (Å²) in [5.74, 6) is -0.227. The minimum Gasteiger partial charge on any atom is -0.381 e. The second-order valence-electron chi connectivity index (χ2n) is 5.36. The van der Waals surface area contributed by atoms with Gasteiger partial charge in [0, 0.05) is 18.1 Å². The van der Waals surface area contributed by atoms with Crippen LogP contribution in [0.15, 0.2) is 0 Å². The van der Waals surface area contributed by atoms with Gasteiger partial charge in [-0.2, -0.15) is 5.26 Å². The van der Waals surface area contributed by atoms with Crippen LogP contribution in [-0.4, -0.2) is 24.1 Å². The molecule has 3 rings (SSSR count). The Balaban J connectivity index is 1.75. The van der Waals surface area contributed by atoms with Crippen molar-refractivity contribution in [2.45, 2.75) is 38.5 Å². The van der Waals surface area contributed by atoms with E-state index in [4.69, 9.17) is 4.74 Å². The molecule has 1 aromatic heterocycles. The maximum atomic E-state index is 12.4. The van der Waals surface area contributed by atoms with Gasteiger partial charge in [0.15, 0.2) is 5.13 Å². The zero-order valence-electron chi connectivity index (χ0n) is 11.3. The van der Waals surface area contributed by atoms with Crippen molar-refractivity contribution in [3.63, 3.8) is 0 Å². The number of thiazole rings is 1. The molecule has 0 bridgehead atoms. The molecule has 2 aliphatic rings. The first kappa shape index (κ1) is 13.5. The van der Waals surface area contributed by atoms with Crippen molar-refractivity contribution in [2.75, 3.05) is 18.5 Å². The van der Waals surface area contributed by atoms with Gasteiger partial charge in [0.25, 0.3) is 0 Å². The molecule has 0 unspecified atom stereocenters. The number of carbonyl (C=O) groups excluding carboxylic acids is 1. The summed E-state index contributed by atoms with van der Waals surface area (Å²) in [6.07, 6.45) is 5.34. The van der Waals surface area contributed by atoms with E-state index in [1.165, 1.54) is 17.7 Å². The third-order valence-corrected chi connectivity index (χ3v) is 5.13. The SMILES string of the molecule is N#CC1(C(=O)Nc2nc3c(s2)CCCC3)CCOCC1. The van der Waals surface area contributed by atoms with Crippen LogP contribution in [0, 0.1) is 16.7 Å². The fourth-order valence-electron chi connectivity index (χ4n) is 2.73. The van der Waals surface area contributed by atoms with E-state index in [1.807, 2.05) is 0 Å². The molecular formula is C14H17N3O2S. The molecule has 1 N–H and O–H groups in total. The lowest BCUT2D eigenvalue weighted by Gasteiger charge is -2.28. The summed E-state index contributed by atoms with van der Waals surface area (Å²) >= 11 is 1.55. The molecule has 1 aliphatic carbocycles. The molecule has 106 valence electrons. The number of nitrogens with zero attached hydrogens (tertiary/aromatic N) is 2. The predicted octanol–water partition coefficient (Wildman–Crippen LogP) is 2.28. The first-order valence-electron chi connectivity index (χ1n) is 7.02. The third-order valence-electron chi connectivity index (χ3n) is 4.06. The molecule has 0 aromatic carbocycles. The monoisotopic (exact) mass is 291 g/mol. The predicted molar refractivity (Wildman–Crippen MR) is 75.5 cm³/mol. The molecule has 1 aliphatic heterocycles. The Morgan fingerprint density at radius 1 is 1.35 bits per heavy atom. The van der Waals surface area contributed by atoms with Gasteiger partial charge < -0.3 is 10.1 Å². The Morgan fingerprint density at radius 3 is 2.80 bits per heavy atom. The Morgan fingerprint density at radius 2 is 2.10 bits per heavy atom. The van der Waals surface area contributed by atoms with E-state index < -0.39 is 5.41 Å². The van der Waals surface area contributed by atoms with Crippen LogP contribution in [0.4, 0.5) is 5.13 Å². The molecule has 1 saturated heterocycles. The number of anilines is 1. The number of hydrogen-bond donors (Lipinski definition) is 1. The summed E-state index contributed by atoms with van der Waals surface area (Å²) in [4.78, 5) is 18.2. The van der Waals surface area contributed by atoms with Gasteiger partial charge in [-0.05, 0) is 38.5 Å². The van der Waals surface area contributed by atoms with E-state index in [9.17, 15) is 10.1 Å². The highest BCUT2D eigenvalue weighted by atomic mass is 32.1. The molecule has 1 aromatic rings. The van der Waals surface area contributed by atoms with Gasteiger partial charge >= 0.3 is 0 Å². The van der Waals surface area contributed by atoms with Crippen molar-refractivity contribution < 1.29 is 9.53 Å². The second kappa shape index (κ2) is 5.51. The molecule has 0 saturated carbocycles. The van der Waals surface area contributed by atoms with E-state index in [2.05, 4.69) is 16.4 Å². The van der Waals surface area contributed by atoms with Gasteiger partial charge in [0.2, 0.25) is 5.91 Å². The largest absolute Gasteiger partial charge is 0.381 e. The summed E-state index contributed by atoms with van der Waals surface area (Å²) in [6.45, 7) is 0.935. The normalized spacial score (nSPS) is 20.8. The van der Waals surface area contributed by atoms with Crippen molar-refractivity contribution in [3.8, 4) is 6.07 Å². The zero-order valence-corrected chi connectivity index (χ0v) is 12.1. The molecule has 5 nitrogen and oxygen atoms in total. The van der Waals surface area contributed by atoms with Crippen LogP contribution in [-0.2, 0) is 22.4 Å². The van der Waals surface area contributed by atoms with E-state index in [0.717, 1.165) is 18.5 Å². The van der Waals surface area contributed by atoms with Crippen LogP contribution in [0.25, 0.3) is 0 Å². The average Bonchev–Trinajstić information content (AvgIpc) is 2.90. The summed E-state index contributed by atoms with van der Waals surface area (Å²) in [6, 6.07) is 2.18. The molecule has 1 amide bonds. The summed E-state index contributed by atoms with van der Waals surface area (Å²) in [5.41, 5.74) is 0.166. The van der Waals surface area contributed by atoms with Crippen molar-refractivity contribution in [1.29, 1.82) is 5.26 Å². The number of aromatic nitrogens is 1. The van der Waals surface area contributed by atoms with Crippen LogP contribution < -0.4 is 5.32 Å². The summed E-state index contributed by atoms with van der Waals surface area (Å²) < 4.78 is 5.25. The molecule has 1 fully saturated rings. The smallest absolute Gasteiger partial charge is 0.246 e. The topological polar surface area (TPSA) is 75.0 Å². The number of ether oxygens (including phenoxy) is 1. The van der Waals surface area contributed by atoms with Crippen LogP contribution in [0.5, 0.6) is 0 Å². The van der Waals surface area contributed by atoms with Crippen LogP contribution in [0.3, 0.4) is 0 Å². The minimum atomic E-state index is -0.954. The molecule has 2 heterocycles. The highest BCUT2D eigenvalue weighted by Gasteiger charge is 2.41. The Labute approximate surface area is 122 Å². The summed E-state index contributed by atoms with van der Waals surface area (Å²) in [7, 11) is 0. The molecule has 0 radical (unpaired) electrons. The number of amides is 1. The number of hydrogen-bond acceptors (Lipinski definition) is 5. The lowest BCUT2D eigenvalue weighted by Crippen LogP contribution is -2.39. The average molecular weight is 291 g/mol. The number of rotatable bonds is 2. The van der Waals surface area contributed by atoms with Crippen molar-refractivity contribution >= 4 is 22.4 Å². The Hall–Kier alpha value is -1.45. The number of carbonyl (C=O) groups is 1. The minimum absolute atomic E-state index is 0.227. The lowest BCUT2D eigenvalue weighted by atomic mass is 9.81. The van der Waals surface area contributed by atoms with Crippen LogP contribution in [0.2, 0.25) is 0 Å². The first-order chi connectivity index (χ1) is 9.73. The van der Waals surface area contributed by atoms with Crippen LogP contribution in [0.1, 0.15) is 36.3 Å². The molecule has 0 atom stereocenters. The van der Waals surface area contributed by atoms with Gasteiger partial charge in [0.1, 0.15) is 5.41 Å². The van der Waals surface area contributed by atoms with E-state index >= 15 is 0 Å². The molecule has 6 heteroatoms. The first-order valence-corrected chi connectivity index (χ1v) is 7.84. The van der Waals surface area contributed by atoms with E-state index in [0.29, 0.717) is 31.2 Å². The molecule has 20 heavy (non-hydrogen) atoms. The maximum Gasteiger partial charge on any atom is 0.246 e. The maximum absolute atomic E-state index is 12.4. The summed E-state index contributed by atoms with van der Waals surface area (Å²) in [5, 5.41) is 12.9. The van der Waals surface area contributed by atoms with E-state index in [-0.39, 0.29) is 5.91 Å². The fourth-order valence-corrected chi connectivity index (χ4v) is 3.78. The molecular weight excluding hydrogens is 274 g/mol.